The minimum atomic E-state index is -0.401. The zero-order valence-corrected chi connectivity index (χ0v) is 18.7. The summed E-state index contributed by atoms with van der Waals surface area (Å²) in [5.41, 5.74) is 0. The van der Waals surface area contributed by atoms with Gasteiger partial charge in [-0.3, -0.25) is 4.79 Å². The van der Waals surface area contributed by atoms with Crippen LogP contribution in [0, 0.1) is 35.5 Å². The predicted octanol–water partition coefficient (Wildman–Crippen LogP) is -0.731. The number of halogens is 2. The Morgan fingerprint density at radius 2 is 1.56 bits per heavy atom. The van der Waals surface area contributed by atoms with Gasteiger partial charge in [-0.05, 0) is 0 Å². The van der Waals surface area contributed by atoms with E-state index in [0.29, 0.717) is 39.6 Å². The molecule has 0 aromatic carbocycles. The molecule has 1 N–H and O–H groups in total. The third-order valence-corrected chi connectivity index (χ3v) is 12.1. The van der Waals surface area contributed by atoms with Crippen molar-refractivity contribution in [2.24, 2.45) is 35.5 Å². The normalized spacial score (nSPS) is 51.4. The van der Waals surface area contributed by atoms with E-state index >= 15 is 0 Å². The van der Waals surface area contributed by atoms with Crippen molar-refractivity contribution in [2.75, 3.05) is 0 Å². The number of carbonyl (C=O) groups excluding carboxylic acids is 2. The average molecular weight is 572 g/mol. The van der Waals surface area contributed by atoms with Crippen LogP contribution < -0.4 is 25.0 Å². The van der Waals surface area contributed by atoms with E-state index in [4.69, 9.17) is 9.47 Å². The Kier molecular flexibility index (Phi) is 4.14. The van der Waals surface area contributed by atoms with Crippen molar-refractivity contribution in [2.45, 2.75) is 59.2 Å². The summed E-state index contributed by atoms with van der Waals surface area (Å²) in [7, 11) is 0. The quantitative estimate of drug-likeness (QED) is 0.0916. The number of ether oxygens (including phenoxy) is 2. The van der Waals surface area contributed by atoms with Crippen molar-refractivity contribution in [3.05, 3.63) is 0 Å². The fourth-order valence-corrected chi connectivity index (χ4v) is 9.87. The van der Waals surface area contributed by atoms with Gasteiger partial charge < -0.3 is 0 Å². The van der Waals surface area contributed by atoms with Crippen LogP contribution in [0.5, 0.6) is 0 Å². The topological polar surface area (TPSA) is 74.5 Å². The van der Waals surface area contributed by atoms with Crippen LogP contribution in [-0.4, -0.2) is 31.6 Å². The van der Waals surface area contributed by atoms with Crippen LogP contribution in [-0.2, 0) is 19.1 Å². The van der Waals surface area contributed by atoms with E-state index in [0.717, 1.165) is 12.8 Å². The molecule has 10 atom stereocenters. The van der Waals surface area contributed by atoms with Crippen LogP contribution in [0.15, 0.2) is 0 Å². The van der Waals surface area contributed by atoms with E-state index in [1.165, 1.54) is 19.8 Å². The van der Waals surface area contributed by atoms with Crippen LogP contribution in [0.1, 0.15) is 39.5 Å². The molecule has 0 radical (unpaired) electrons. The van der Waals surface area contributed by atoms with E-state index in [1.54, 1.807) is 0 Å². The first-order chi connectivity index (χ1) is 11.9. The Hall–Kier alpha value is 0.360. The number of nitrogens with one attached hydrogen (secondary N) is 1. The molecule has 5 aliphatic rings. The fraction of sp³-hybridized carbons (Fsp3) is 0.889. The van der Waals surface area contributed by atoms with Gasteiger partial charge in [0, 0.05) is 6.92 Å². The second-order valence-corrected chi connectivity index (χ2v) is 13.4. The molecule has 1 saturated heterocycles. The second kappa shape index (κ2) is 5.93. The monoisotopic (exact) mass is 572 g/mol. The fourth-order valence-electron chi connectivity index (χ4n) is 6.56. The molecule has 10 unspecified atom stereocenters. The molecular weight excluding hydrogens is 548 g/mol. The van der Waals surface area contributed by atoms with Gasteiger partial charge in [-0.15, -0.1) is 0 Å². The Morgan fingerprint density at radius 1 is 1.04 bits per heavy atom. The van der Waals surface area contributed by atoms with Crippen LogP contribution in [0.25, 0.3) is 0 Å². The SMILES string of the molecule is CC(=O)OC1CC2CC1C1C3CC(OC(=O)C(C)(I)C4N[I-]4)C(C3)C21. The van der Waals surface area contributed by atoms with Crippen molar-refractivity contribution < 1.29 is 40.5 Å². The summed E-state index contributed by atoms with van der Waals surface area (Å²) in [6.45, 7) is 3.54. The molecule has 4 bridgehead atoms. The standard InChI is InChI=1S/C18H24I2NO4/c1-7(22)24-12-5-8-3-10(12)14-9-4-11(15(8)14)13(6-9)25-17(23)18(2,19)16-20-21-16/h8-16,21H,3-6H2,1-2H3/q-1. The van der Waals surface area contributed by atoms with Gasteiger partial charge in [0.05, 0.1) is 0 Å². The molecular formula is C18H24I2NO4-. The number of rotatable bonds is 4. The van der Waals surface area contributed by atoms with Crippen LogP contribution >= 0.6 is 22.6 Å². The Labute approximate surface area is 172 Å². The molecule has 5 nitrogen and oxygen atoms in total. The minimum absolute atomic E-state index is 0.00131. The first-order valence-electron chi connectivity index (χ1n) is 9.31. The molecule has 4 aliphatic carbocycles. The molecule has 4 saturated carbocycles. The molecule has 0 amide bonds. The maximum atomic E-state index is 12.7. The zero-order valence-electron chi connectivity index (χ0n) is 14.4. The average Bonchev–Trinajstić information content (AvgIpc) is 2.90. The van der Waals surface area contributed by atoms with Gasteiger partial charge in [0.25, 0.3) is 0 Å². The third-order valence-electron chi connectivity index (χ3n) is 7.37. The summed E-state index contributed by atoms with van der Waals surface area (Å²) in [4.78, 5) is 24.1. The first-order valence-corrected chi connectivity index (χ1v) is 12.7. The van der Waals surface area contributed by atoms with Gasteiger partial charge in [0.15, 0.2) is 0 Å². The summed E-state index contributed by atoms with van der Waals surface area (Å²) in [5, 5.41) is 0. The molecule has 0 aromatic rings. The molecule has 0 spiro atoms. The van der Waals surface area contributed by atoms with Gasteiger partial charge in [-0.2, -0.15) is 0 Å². The van der Waals surface area contributed by atoms with Crippen molar-refractivity contribution >= 4 is 34.5 Å². The molecule has 5 rings (SSSR count). The van der Waals surface area contributed by atoms with Gasteiger partial charge in [0.2, 0.25) is 0 Å². The predicted molar refractivity (Wildman–Crippen MR) is 94.2 cm³/mol. The van der Waals surface area contributed by atoms with Crippen molar-refractivity contribution in [3.63, 3.8) is 0 Å². The second-order valence-electron chi connectivity index (χ2n) is 8.69. The van der Waals surface area contributed by atoms with Crippen molar-refractivity contribution in [1.82, 2.24) is 3.53 Å². The molecule has 5 fully saturated rings. The summed E-state index contributed by atoms with van der Waals surface area (Å²) >= 11 is 2.27. The van der Waals surface area contributed by atoms with Crippen LogP contribution in [0.3, 0.4) is 0 Å². The number of esters is 2. The van der Waals surface area contributed by atoms with Gasteiger partial charge in [-0.1, -0.05) is 0 Å². The van der Waals surface area contributed by atoms with Gasteiger partial charge in [-0.25, -0.2) is 0 Å². The van der Waals surface area contributed by atoms with Crippen LogP contribution in [0.4, 0.5) is 0 Å². The Bertz CT molecular complexity index is 622. The molecule has 0 aromatic heterocycles. The van der Waals surface area contributed by atoms with E-state index in [1.807, 2.05) is 6.92 Å². The zero-order chi connectivity index (χ0) is 17.5. The number of hydrogen-bond donors (Lipinski definition) is 1. The maximum absolute atomic E-state index is 12.7. The number of carbonyl (C=O) groups is 2. The number of fused-ring (bicyclic) bond motifs is 9. The molecule has 1 aliphatic heterocycles. The van der Waals surface area contributed by atoms with E-state index < -0.39 is 3.42 Å². The third kappa shape index (κ3) is 2.68. The summed E-state index contributed by atoms with van der Waals surface area (Å²) in [6.07, 6.45) is 4.73. The molecule has 1 heterocycles. The molecule has 25 heavy (non-hydrogen) atoms. The number of alkyl halides is 2. The van der Waals surface area contributed by atoms with Crippen molar-refractivity contribution in [3.8, 4) is 0 Å². The Morgan fingerprint density at radius 3 is 2.04 bits per heavy atom. The Balaban J connectivity index is 1.27. The molecule has 7 heteroatoms. The van der Waals surface area contributed by atoms with E-state index in [2.05, 4.69) is 26.1 Å². The van der Waals surface area contributed by atoms with E-state index in [-0.39, 0.29) is 45.6 Å². The number of hydrogen-bond acceptors (Lipinski definition) is 5. The first kappa shape index (κ1) is 17.5. The summed E-state index contributed by atoms with van der Waals surface area (Å²) in [6, 6.07) is 0. The summed E-state index contributed by atoms with van der Waals surface area (Å²) in [5.74, 6) is 3.66. The van der Waals surface area contributed by atoms with Gasteiger partial charge >= 0.3 is 162 Å². The van der Waals surface area contributed by atoms with E-state index in [9.17, 15) is 9.59 Å². The van der Waals surface area contributed by atoms with Gasteiger partial charge in [0.1, 0.15) is 0 Å². The van der Waals surface area contributed by atoms with Crippen LogP contribution in [0.2, 0.25) is 0 Å². The van der Waals surface area contributed by atoms with Crippen molar-refractivity contribution in [1.29, 1.82) is 0 Å². The summed E-state index contributed by atoms with van der Waals surface area (Å²) < 4.78 is 15.0. The molecule has 140 valence electrons.